The number of rotatable bonds is 3. The van der Waals surface area contributed by atoms with Gasteiger partial charge in [-0.05, 0) is 36.5 Å². The minimum atomic E-state index is -0.890. The van der Waals surface area contributed by atoms with Crippen LogP contribution in [0.15, 0.2) is 24.3 Å². The van der Waals surface area contributed by atoms with Crippen LogP contribution in [0.2, 0.25) is 0 Å². The highest BCUT2D eigenvalue weighted by atomic mass is 16.4. The number of carboxylic acids is 1. The van der Waals surface area contributed by atoms with E-state index in [1.165, 1.54) is 19.3 Å². The van der Waals surface area contributed by atoms with Crippen LogP contribution < -0.4 is 5.73 Å². The highest BCUT2D eigenvalue weighted by molar-refractivity contribution is 5.87. The summed E-state index contributed by atoms with van der Waals surface area (Å²) >= 11 is 0. The molecule has 0 unspecified atom stereocenters. The first-order chi connectivity index (χ1) is 7.18. The van der Waals surface area contributed by atoms with Crippen molar-refractivity contribution in [2.75, 3.05) is 0 Å². The molecule has 0 amide bonds. The Morgan fingerprint density at radius 1 is 1.33 bits per heavy atom. The average Bonchev–Trinajstić information content (AvgIpc) is 2.15. The highest BCUT2D eigenvalue weighted by Crippen LogP contribution is 2.35. The minimum absolute atomic E-state index is 0.0709. The van der Waals surface area contributed by atoms with Crippen molar-refractivity contribution in [3.8, 4) is 0 Å². The fourth-order valence-electron chi connectivity index (χ4n) is 1.92. The van der Waals surface area contributed by atoms with Gasteiger partial charge < -0.3 is 10.8 Å². The van der Waals surface area contributed by atoms with Crippen LogP contribution in [-0.2, 0) is 0 Å². The first-order valence-electron chi connectivity index (χ1n) is 5.27. The van der Waals surface area contributed by atoms with Crippen LogP contribution in [0.4, 0.5) is 0 Å². The molecule has 1 atom stereocenters. The first-order valence-corrected chi connectivity index (χ1v) is 5.27. The number of aromatic carboxylic acids is 1. The lowest BCUT2D eigenvalue weighted by atomic mass is 9.77. The van der Waals surface area contributed by atoms with Crippen LogP contribution in [0.3, 0.4) is 0 Å². The van der Waals surface area contributed by atoms with Gasteiger partial charge in [0.25, 0.3) is 0 Å². The Morgan fingerprint density at radius 2 is 1.93 bits per heavy atom. The van der Waals surface area contributed by atoms with Gasteiger partial charge >= 0.3 is 5.97 Å². The maximum absolute atomic E-state index is 10.7. The Labute approximate surface area is 88.9 Å². The molecule has 80 valence electrons. The minimum Gasteiger partial charge on any atom is -0.478 e. The molecule has 0 bridgehead atoms. The van der Waals surface area contributed by atoms with Gasteiger partial charge in [0.05, 0.1) is 5.56 Å². The Hall–Kier alpha value is -1.35. The first kappa shape index (κ1) is 10.2. The quantitative estimate of drug-likeness (QED) is 0.795. The van der Waals surface area contributed by atoms with E-state index in [1.807, 2.05) is 12.1 Å². The molecule has 1 fully saturated rings. The van der Waals surface area contributed by atoms with Gasteiger partial charge in [-0.15, -0.1) is 0 Å². The Morgan fingerprint density at radius 3 is 2.33 bits per heavy atom. The summed E-state index contributed by atoms with van der Waals surface area (Å²) in [5, 5.41) is 8.75. The summed E-state index contributed by atoms with van der Waals surface area (Å²) in [6.45, 7) is 0. The van der Waals surface area contributed by atoms with E-state index in [1.54, 1.807) is 12.1 Å². The molecular formula is C12H15NO2. The van der Waals surface area contributed by atoms with E-state index in [4.69, 9.17) is 10.8 Å². The number of hydrogen-bond donors (Lipinski definition) is 2. The summed E-state index contributed by atoms with van der Waals surface area (Å²) in [5.41, 5.74) is 7.44. The molecule has 0 aliphatic heterocycles. The van der Waals surface area contributed by atoms with Crippen molar-refractivity contribution >= 4 is 5.97 Å². The molecular weight excluding hydrogens is 190 g/mol. The molecule has 2 rings (SSSR count). The molecule has 1 aromatic rings. The molecule has 15 heavy (non-hydrogen) atoms. The van der Waals surface area contributed by atoms with E-state index in [0.717, 1.165) is 5.56 Å². The van der Waals surface area contributed by atoms with E-state index in [9.17, 15) is 4.79 Å². The third-order valence-electron chi connectivity index (χ3n) is 3.20. The lowest BCUT2D eigenvalue weighted by Gasteiger charge is -2.31. The summed E-state index contributed by atoms with van der Waals surface area (Å²) in [6.07, 6.45) is 3.66. The van der Waals surface area contributed by atoms with Crippen molar-refractivity contribution in [2.45, 2.75) is 25.3 Å². The number of carboxylic acid groups (broad SMARTS) is 1. The Kier molecular flexibility index (Phi) is 2.73. The topological polar surface area (TPSA) is 63.3 Å². The third kappa shape index (κ3) is 2.02. The summed E-state index contributed by atoms with van der Waals surface area (Å²) in [7, 11) is 0. The molecule has 3 nitrogen and oxygen atoms in total. The summed E-state index contributed by atoms with van der Waals surface area (Å²) in [6, 6.07) is 6.97. The number of hydrogen-bond acceptors (Lipinski definition) is 2. The maximum atomic E-state index is 10.7. The summed E-state index contributed by atoms with van der Waals surface area (Å²) in [5.74, 6) is -0.306. The fraction of sp³-hybridized carbons (Fsp3) is 0.417. The lowest BCUT2D eigenvalue weighted by molar-refractivity contribution is 0.0697. The molecule has 1 saturated carbocycles. The van der Waals surface area contributed by atoms with Crippen molar-refractivity contribution in [1.82, 2.24) is 0 Å². The second-order valence-corrected chi connectivity index (χ2v) is 4.14. The molecule has 0 saturated heterocycles. The van der Waals surface area contributed by atoms with Crippen molar-refractivity contribution in [3.63, 3.8) is 0 Å². The van der Waals surface area contributed by atoms with E-state index < -0.39 is 5.97 Å². The second-order valence-electron chi connectivity index (χ2n) is 4.14. The fourth-order valence-corrected chi connectivity index (χ4v) is 1.92. The SMILES string of the molecule is N[C@@H](c1ccc(C(=O)O)cc1)C1CCC1. The van der Waals surface area contributed by atoms with Crippen molar-refractivity contribution in [3.05, 3.63) is 35.4 Å². The molecule has 1 aliphatic rings. The highest BCUT2D eigenvalue weighted by Gasteiger charge is 2.25. The lowest BCUT2D eigenvalue weighted by Crippen LogP contribution is -2.26. The number of nitrogens with two attached hydrogens (primary N) is 1. The van der Waals surface area contributed by atoms with E-state index in [-0.39, 0.29) is 6.04 Å². The van der Waals surface area contributed by atoms with Crippen LogP contribution in [0.5, 0.6) is 0 Å². The monoisotopic (exact) mass is 205 g/mol. The van der Waals surface area contributed by atoms with Gasteiger partial charge in [0, 0.05) is 6.04 Å². The normalized spacial score (nSPS) is 18.2. The predicted octanol–water partition coefficient (Wildman–Crippen LogP) is 2.18. The predicted molar refractivity (Wildman–Crippen MR) is 57.7 cm³/mol. The number of carbonyl (C=O) groups is 1. The van der Waals surface area contributed by atoms with Crippen molar-refractivity contribution in [1.29, 1.82) is 0 Å². The van der Waals surface area contributed by atoms with E-state index in [0.29, 0.717) is 11.5 Å². The van der Waals surface area contributed by atoms with Gasteiger partial charge in [-0.3, -0.25) is 0 Å². The van der Waals surface area contributed by atoms with Crippen LogP contribution in [0.25, 0.3) is 0 Å². The molecule has 3 heteroatoms. The van der Waals surface area contributed by atoms with Crippen molar-refractivity contribution < 1.29 is 9.90 Å². The van der Waals surface area contributed by atoms with Crippen LogP contribution in [-0.4, -0.2) is 11.1 Å². The zero-order valence-corrected chi connectivity index (χ0v) is 8.52. The van der Waals surface area contributed by atoms with Crippen LogP contribution in [0.1, 0.15) is 41.2 Å². The summed E-state index contributed by atoms with van der Waals surface area (Å²) < 4.78 is 0. The second kappa shape index (κ2) is 4.03. The largest absolute Gasteiger partial charge is 0.478 e. The van der Waals surface area contributed by atoms with Crippen LogP contribution in [0, 0.1) is 5.92 Å². The van der Waals surface area contributed by atoms with Gasteiger partial charge in [0.2, 0.25) is 0 Å². The van der Waals surface area contributed by atoms with E-state index >= 15 is 0 Å². The smallest absolute Gasteiger partial charge is 0.335 e. The zero-order valence-electron chi connectivity index (χ0n) is 8.52. The molecule has 1 aromatic carbocycles. The van der Waals surface area contributed by atoms with E-state index in [2.05, 4.69) is 0 Å². The standard InChI is InChI=1S/C12H15NO2/c13-11(8-2-1-3-8)9-4-6-10(7-5-9)12(14)15/h4-8,11H,1-3,13H2,(H,14,15)/t11-/m1/s1. The third-order valence-corrected chi connectivity index (χ3v) is 3.20. The Bertz CT molecular complexity index is 354. The van der Waals surface area contributed by atoms with Gasteiger partial charge in [-0.1, -0.05) is 18.6 Å². The van der Waals surface area contributed by atoms with Crippen molar-refractivity contribution in [2.24, 2.45) is 11.7 Å². The maximum Gasteiger partial charge on any atom is 0.335 e. The average molecular weight is 205 g/mol. The van der Waals surface area contributed by atoms with Gasteiger partial charge in [-0.2, -0.15) is 0 Å². The molecule has 3 N–H and O–H groups in total. The Balaban J connectivity index is 2.11. The van der Waals surface area contributed by atoms with Gasteiger partial charge in [0.1, 0.15) is 0 Å². The van der Waals surface area contributed by atoms with Gasteiger partial charge in [-0.25, -0.2) is 4.79 Å². The van der Waals surface area contributed by atoms with Crippen LogP contribution >= 0.6 is 0 Å². The molecule has 0 aromatic heterocycles. The molecule has 0 spiro atoms. The molecule has 1 aliphatic carbocycles. The summed E-state index contributed by atoms with van der Waals surface area (Å²) in [4.78, 5) is 10.7. The molecule has 0 heterocycles. The van der Waals surface area contributed by atoms with Gasteiger partial charge in [0.15, 0.2) is 0 Å². The molecule has 0 radical (unpaired) electrons. The number of benzene rings is 1. The zero-order chi connectivity index (χ0) is 10.8.